The Balaban J connectivity index is 2.74. The average molecular weight is 269 g/mol. The molecule has 0 saturated heterocycles. The zero-order valence-corrected chi connectivity index (χ0v) is 12.3. The second-order valence-corrected chi connectivity index (χ2v) is 5.63. The number of aromatic nitrogens is 1. The second-order valence-electron chi connectivity index (χ2n) is 4.51. The van der Waals surface area contributed by atoms with Gasteiger partial charge in [-0.1, -0.05) is 20.8 Å². The molecule has 0 aromatic carbocycles. The van der Waals surface area contributed by atoms with Crippen LogP contribution in [0.3, 0.4) is 0 Å². The van der Waals surface area contributed by atoms with Gasteiger partial charge in [-0.3, -0.25) is 4.79 Å². The SMILES string of the molecule is CCCc1ncc(C(=O)NC(CC)(CC)CN)s1. The van der Waals surface area contributed by atoms with Crippen LogP contribution in [0.4, 0.5) is 0 Å². The molecule has 0 saturated carbocycles. The summed E-state index contributed by atoms with van der Waals surface area (Å²) in [7, 11) is 0. The van der Waals surface area contributed by atoms with Crippen molar-refractivity contribution in [1.29, 1.82) is 0 Å². The van der Waals surface area contributed by atoms with E-state index in [1.165, 1.54) is 11.3 Å². The Kier molecular flexibility index (Phi) is 5.75. The lowest BCUT2D eigenvalue weighted by atomic mass is 9.93. The number of nitrogens with zero attached hydrogens (tertiary/aromatic N) is 1. The second kappa shape index (κ2) is 6.85. The van der Waals surface area contributed by atoms with Gasteiger partial charge in [0.1, 0.15) is 4.88 Å². The fourth-order valence-electron chi connectivity index (χ4n) is 1.81. The van der Waals surface area contributed by atoms with Gasteiger partial charge in [0, 0.05) is 6.54 Å². The molecule has 1 amide bonds. The summed E-state index contributed by atoms with van der Waals surface area (Å²) >= 11 is 1.47. The molecule has 0 aliphatic rings. The molecule has 18 heavy (non-hydrogen) atoms. The fraction of sp³-hybridized carbons (Fsp3) is 0.692. The maximum atomic E-state index is 12.2. The van der Waals surface area contributed by atoms with Crippen molar-refractivity contribution < 1.29 is 4.79 Å². The van der Waals surface area contributed by atoms with Crippen LogP contribution < -0.4 is 11.1 Å². The molecule has 0 unspecified atom stereocenters. The molecule has 0 aliphatic carbocycles. The van der Waals surface area contributed by atoms with Crippen molar-refractivity contribution in [1.82, 2.24) is 10.3 Å². The molecular weight excluding hydrogens is 246 g/mol. The summed E-state index contributed by atoms with van der Waals surface area (Å²) < 4.78 is 0. The van der Waals surface area contributed by atoms with Crippen LogP contribution in [0, 0.1) is 0 Å². The molecule has 1 heterocycles. The van der Waals surface area contributed by atoms with Gasteiger partial charge in [0.2, 0.25) is 0 Å². The van der Waals surface area contributed by atoms with Crippen molar-refractivity contribution >= 4 is 17.2 Å². The van der Waals surface area contributed by atoms with Crippen molar-refractivity contribution in [3.05, 3.63) is 16.1 Å². The summed E-state index contributed by atoms with van der Waals surface area (Å²) in [6, 6.07) is 0. The van der Waals surface area contributed by atoms with Gasteiger partial charge in [0.05, 0.1) is 16.7 Å². The highest BCUT2D eigenvalue weighted by atomic mass is 32.1. The number of rotatable bonds is 7. The first kappa shape index (κ1) is 15.1. The van der Waals surface area contributed by atoms with Gasteiger partial charge < -0.3 is 11.1 Å². The molecule has 1 aromatic heterocycles. The van der Waals surface area contributed by atoms with Crippen LogP contribution in [0.1, 0.15) is 54.7 Å². The van der Waals surface area contributed by atoms with Gasteiger partial charge in [-0.05, 0) is 25.7 Å². The molecule has 4 nitrogen and oxygen atoms in total. The van der Waals surface area contributed by atoms with Gasteiger partial charge in [0.25, 0.3) is 5.91 Å². The molecule has 0 radical (unpaired) electrons. The van der Waals surface area contributed by atoms with Crippen LogP contribution in [0.2, 0.25) is 0 Å². The molecule has 102 valence electrons. The highest BCUT2D eigenvalue weighted by Gasteiger charge is 2.27. The van der Waals surface area contributed by atoms with Crippen LogP contribution in [-0.4, -0.2) is 23.0 Å². The van der Waals surface area contributed by atoms with Crippen molar-refractivity contribution in [2.75, 3.05) is 6.54 Å². The number of nitrogens with one attached hydrogen (secondary N) is 1. The van der Waals surface area contributed by atoms with E-state index in [0.29, 0.717) is 11.4 Å². The summed E-state index contributed by atoms with van der Waals surface area (Å²) in [5.74, 6) is -0.0518. The Bertz CT molecular complexity index is 377. The Hall–Kier alpha value is -0.940. The molecule has 0 aliphatic heterocycles. The minimum Gasteiger partial charge on any atom is -0.345 e. The number of nitrogens with two attached hydrogens (primary N) is 1. The first-order valence-corrected chi connectivity index (χ1v) is 7.39. The van der Waals surface area contributed by atoms with E-state index in [0.717, 1.165) is 30.7 Å². The van der Waals surface area contributed by atoms with E-state index in [4.69, 9.17) is 5.73 Å². The molecule has 1 rings (SSSR count). The van der Waals surface area contributed by atoms with Crippen LogP contribution in [0.25, 0.3) is 0 Å². The predicted molar refractivity (Wildman–Crippen MR) is 75.9 cm³/mol. The number of aryl methyl sites for hydroxylation is 1. The summed E-state index contributed by atoms with van der Waals surface area (Å²) in [4.78, 5) is 17.1. The highest BCUT2D eigenvalue weighted by Crippen LogP contribution is 2.18. The summed E-state index contributed by atoms with van der Waals surface area (Å²) in [6.45, 7) is 6.67. The molecule has 0 spiro atoms. The third-order valence-corrected chi connectivity index (χ3v) is 4.42. The number of hydrogen-bond acceptors (Lipinski definition) is 4. The highest BCUT2D eigenvalue weighted by molar-refractivity contribution is 7.13. The zero-order valence-electron chi connectivity index (χ0n) is 11.5. The van der Waals surface area contributed by atoms with Gasteiger partial charge in [-0.25, -0.2) is 4.98 Å². The van der Waals surface area contributed by atoms with Crippen LogP contribution >= 0.6 is 11.3 Å². The van der Waals surface area contributed by atoms with Crippen LogP contribution in [0.5, 0.6) is 0 Å². The quantitative estimate of drug-likeness (QED) is 0.798. The number of carbonyl (C=O) groups excluding carboxylic acids is 1. The lowest BCUT2D eigenvalue weighted by Crippen LogP contribution is -2.52. The molecular formula is C13H23N3OS. The Morgan fingerprint density at radius 2 is 2.11 bits per heavy atom. The number of thiazole rings is 1. The van der Waals surface area contributed by atoms with Crippen molar-refractivity contribution in [2.45, 2.75) is 52.0 Å². The van der Waals surface area contributed by atoms with Crippen molar-refractivity contribution in [3.8, 4) is 0 Å². The van der Waals surface area contributed by atoms with Crippen LogP contribution in [0.15, 0.2) is 6.20 Å². The molecule has 3 N–H and O–H groups in total. The number of carbonyl (C=O) groups is 1. The average Bonchev–Trinajstić information content (AvgIpc) is 2.85. The number of hydrogen-bond donors (Lipinski definition) is 2. The number of amides is 1. The summed E-state index contributed by atoms with van der Waals surface area (Å²) in [5, 5.41) is 4.08. The van der Waals surface area contributed by atoms with E-state index in [1.807, 2.05) is 13.8 Å². The van der Waals surface area contributed by atoms with E-state index in [1.54, 1.807) is 6.20 Å². The Morgan fingerprint density at radius 3 is 2.61 bits per heavy atom. The van der Waals surface area contributed by atoms with Crippen LogP contribution in [-0.2, 0) is 6.42 Å². The maximum Gasteiger partial charge on any atom is 0.263 e. The predicted octanol–water partition coefficient (Wildman–Crippen LogP) is 2.34. The van der Waals surface area contributed by atoms with E-state index < -0.39 is 0 Å². The van der Waals surface area contributed by atoms with E-state index >= 15 is 0 Å². The van der Waals surface area contributed by atoms with E-state index in [2.05, 4.69) is 17.2 Å². The standard InChI is InChI=1S/C13H23N3OS/c1-4-7-11-15-8-10(18-11)12(17)16-13(5-2,6-3)9-14/h8H,4-7,9,14H2,1-3H3,(H,16,17). The third-order valence-electron chi connectivity index (χ3n) is 3.36. The van der Waals surface area contributed by atoms with E-state index in [9.17, 15) is 4.79 Å². The normalized spacial score (nSPS) is 11.6. The van der Waals surface area contributed by atoms with Crippen molar-refractivity contribution in [3.63, 3.8) is 0 Å². The minimum atomic E-state index is -0.286. The zero-order chi connectivity index (χ0) is 13.6. The smallest absolute Gasteiger partial charge is 0.263 e. The van der Waals surface area contributed by atoms with Gasteiger partial charge in [0.15, 0.2) is 0 Å². The molecule has 5 heteroatoms. The fourth-order valence-corrected chi connectivity index (χ4v) is 2.73. The lowest BCUT2D eigenvalue weighted by Gasteiger charge is -2.31. The first-order valence-electron chi connectivity index (χ1n) is 6.58. The van der Waals surface area contributed by atoms with Gasteiger partial charge >= 0.3 is 0 Å². The maximum absolute atomic E-state index is 12.2. The first-order chi connectivity index (χ1) is 8.60. The van der Waals surface area contributed by atoms with Gasteiger partial charge in [-0.2, -0.15) is 0 Å². The molecule has 0 fully saturated rings. The molecule has 1 aromatic rings. The topological polar surface area (TPSA) is 68.0 Å². The monoisotopic (exact) mass is 269 g/mol. The summed E-state index contributed by atoms with van der Waals surface area (Å²) in [5.41, 5.74) is 5.50. The van der Waals surface area contributed by atoms with Crippen molar-refractivity contribution in [2.24, 2.45) is 5.73 Å². The molecule has 0 atom stereocenters. The largest absolute Gasteiger partial charge is 0.345 e. The van der Waals surface area contributed by atoms with E-state index in [-0.39, 0.29) is 11.4 Å². The Labute approximate surface area is 113 Å². The Morgan fingerprint density at radius 1 is 1.44 bits per heavy atom. The minimum absolute atomic E-state index is 0.0518. The third kappa shape index (κ3) is 3.53. The van der Waals surface area contributed by atoms with Gasteiger partial charge in [-0.15, -0.1) is 11.3 Å². The molecule has 0 bridgehead atoms. The lowest BCUT2D eigenvalue weighted by molar-refractivity contribution is 0.0899. The summed E-state index contributed by atoms with van der Waals surface area (Å²) in [6.07, 6.45) is 5.32.